The first-order valence-electron chi connectivity index (χ1n) is 5.15. The number of hydrogen-bond donors (Lipinski definition) is 1. The Morgan fingerprint density at radius 2 is 2.07 bits per heavy atom. The van der Waals surface area contributed by atoms with Gasteiger partial charge in [-0.15, -0.1) is 6.58 Å². The summed E-state index contributed by atoms with van der Waals surface area (Å²) in [6.45, 7) is 4.53. The number of nitrogens with one attached hydrogen (secondary N) is 1. The molecule has 5 heteroatoms. The van der Waals surface area contributed by atoms with Gasteiger partial charge in [-0.2, -0.15) is 13.2 Å². The molecule has 0 heterocycles. The van der Waals surface area contributed by atoms with Crippen LogP contribution < -0.4 is 5.32 Å². The monoisotopic (exact) mass is 222 g/mol. The minimum Gasteiger partial charge on any atom is -0.307 e. The Morgan fingerprint density at radius 3 is 2.53 bits per heavy atom. The zero-order valence-electron chi connectivity index (χ0n) is 8.69. The molecule has 15 heavy (non-hydrogen) atoms. The Kier molecular flexibility index (Phi) is 4.60. The summed E-state index contributed by atoms with van der Waals surface area (Å²) in [5, 5.41) is 2.40. The number of halogens is 3. The van der Waals surface area contributed by atoms with Gasteiger partial charge in [-0.1, -0.05) is 6.08 Å². The fourth-order valence-corrected chi connectivity index (χ4v) is 1.48. The van der Waals surface area contributed by atoms with Crippen LogP contribution in [0, 0.1) is 0 Å². The van der Waals surface area contributed by atoms with E-state index in [0.717, 1.165) is 19.4 Å². The van der Waals surface area contributed by atoms with Gasteiger partial charge in [-0.05, 0) is 12.8 Å². The number of rotatable bonds is 7. The molecule has 88 valence electrons. The van der Waals surface area contributed by atoms with Crippen molar-refractivity contribution in [2.24, 2.45) is 0 Å². The molecule has 0 aliphatic heterocycles. The number of nitrogens with zero attached hydrogens (tertiary/aromatic N) is 1. The summed E-state index contributed by atoms with van der Waals surface area (Å²) in [5.41, 5.74) is 0. The van der Waals surface area contributed by atoms with Gasteiger partial charge in [0.15, 0.2) is 0 Å². The summed E-state index contributed by atoms with van der Waals surface area (Å²) in [5.74, 6) is 0. The maximum absolute atomic E-state index is 11.8. The van der Waals surface area contributed by atoms with Crippen LogP contribution in [0.5, 0.6) is 0 Å². The quantitative estimate of drug-likeness (QED) is 0.522. The standard InChI is InChI=1S/C10H17F3N2/c1-2-6-15(9-3-4-9)7-5-14-8-10(11,12)13/h2,9,14H,1,3-8H2. The minimum absolute atomic E-state index is 0.379. The lowest BCUT2D eigenvalue weighted by Gasteiger charge is -2.20. The SMILES string of the molecule is C=CCN(CCNCC(F)(F)F)C1CC1. The van der Waals surface area contributed by atoms with E-state index in [4.69, 9.17) is 0 Å². The molecule has 1 fully saturated rings. The summed E-state index contributed by atoms with van der Waals surface area (Å²) in [6, 6.07) is 0.565. The first-order chi connectivity index (χ1) is 7.03. The van der Waals surface area contributed by atoms with Crippen LogP contribution in [0.15, 0.2) is 12.7 Å². The topological polar surface area (TPSA) is 15.3 Å². The molecule has 2 nitrogen and oxygen atoms in total. The molecular formula is C10H17F3N2. The summed E-state index contributed by atoms with van der Waals surface area (Å²) < 4.78 is 35.4. The van der Waals surface area contributed by atoms with Crippen molar-refractivity contribution in [1.29, 1.82) is 0 Å². The second kappa shape index (κ2) is 5.51. The van der Waals surface area contributed by atoms with Gasteiger partial charge in [0, 0.05) is 25.7 Å². The van der Waals surface area contributed by atoms with Gasteiger partial charge in [0.1, 0.15) is 0 Å². The highest BCUT2D eigenvalue weighted by Gasteiger charge is 2.29. The lowest BCUT2D eigenvalue weighted by molar-refractivity contribution is -0.124. The first-order valence-corrected chi connectivity index (χ1v) is 5.15. The maximum Gasteiger partial charge on any atom is 0.401 e. The van der Waals surface area contributed by atoms with Gasteiger partial charge in [0.2, 0.25) is 0 Å². The van der Waals surface area contributed by atoms with Crippen molar-refractivity contribution in [2.75, 3.05) is 26.2 Å². The number of hydrogen-bond acceptors (Lipinski definition) is 2. The third-order valence-corrected chi connectivity index (χ3v) is 2.33. The van der Waals surface area contributed by atoms with Crippen molar-refractivity contribution in [1.82, 2.24) is 10.2 Å². The molecule has 0 amide bonds. The second-order valence-corrected chi connectivity index (χ2v) is 3.81. The van der Waals surface area contributed by atoms with Gasteiger partial charge >= 0.3 is 6.18 Å². The Balaban J connectivity index is 2.08. The summed E-state index contributed by atoms with van der Waals surface area (Å²) in [7, 11) is 0. The highest BCUT2D eigenvalue weighted by Crippen LogP contribution is 2.26. The van der Waals surface area contributed by atoms with Crippen LogP contribution in [0.1, 0.15) is 12.8 Å². The fraction of sp³-hybridized carbons (Fsp3) is 0.800. The molecule has 1 saturated carbocycles. The summed E-state index contributed by atoms with van der Waals surface area (Å²) >= 11 is 0. The van der Waals surface area contributed by atoms with Crippen molar-refractivity contribution < 1.29 is 13.2 Å². The molecule has 0 aromatic heterocycles. The van der Waals surface area contributed by atoms with E-state index in [1.54, 1.807) is 6.08 Å². The van der Waals surface area contributed by atoms with E-state index in [1.807, 2.05) is 0 Å². The Morgan fingerprint density at radius 1 is 1.40 bits per heavy atom. The van der Waals surface area contributed by atoms with Crippen LogP contribution in [-0.4, -0.2) is 43.3 Å². The van der Waals surface area contributed by atoms with Crippen molar-refractivity contribution in [3.8, 4) is 0 Å². The van der Waals surface area contributed by atoms with Crippen molar-refractivity contribution in [3.63, 3.8) is 0 Å². The van der Waals surface area contributed by atoms with Gasteiger partial charge < -0.3 is 5.32 Å². The van der Waals surface area contributed by atoms with E-state index in [2.05, 4.69) is 16.8 Å². The van der Waals surface area contributed by atoms with Gasteiger partial charge in [-0.3, -0.25) is 4.90 Å². The number of alkyl halides is 3. The maximum atomic E-state index is 11.8. The molecule has 0 aromatic rings. The largest absolute Gasteiger partial charge is 0.401 e. The van der Waals surface area contributed by atoms with Crippen LogP contribution in [-0.2, 0) is 0 Å². The zero-order valence-corrected chi connectivity index (χ0v) is 8.69. The van der Waals surface area contributed by atoms with Gasteiger partial charge in [-0.25, -0.2) is 0 Å². The predicted octanol–water partition coefficient (Wildman–Crippen LogP) is 1.79. The van der Waals surface area contributed by atoms with Gasteiger partial charge in [0.05, 0.1) is 6.54 Å². The Labute approximate surface area is 88.1 Å². The molecule has 1 aliphatic rings. The van der Waals surface area contributed by atoms with E-state index < -0.39 is 12.7 Å². The van der Waals surface area contributed by atoms with Crippen LogP contribution in [0.25, 0.3) is 0 Å². The molecule has 0 atom stereocenters. The van der Waals surface area contributed by atoms with E-state index in [1.165, 1.54) is 0 Å². The van der Waals surface area contributed by atoms with Crippen LogP contribution in [0.2, 0.25) is 0 Å². The smallest absolute Gasteiger partial charge is 0.307 e. The van der Waals surface area contributed by atoms with Crippen LogP contribution in [0.4, 0.5) is 13.2 Å². The average molecular weight is 222 g/mol. The predicted molar refractivity (Wildman–Crippen MR) is 53.7 cm³/mol. The summed E-state index contributed by atoms with van der Waals surface area (Å²) in [6.07, 6.45) is 0.00511. The van der Waals surface area contributed by atoms with E-state index in [-0.39, 0.29) is 0 Å². The lowest BCUT2D eigenvalue weighted by atomic mass is 10.4. The first kappa shape index (κ1) is 12.5. The third-order valence-electron chi connectivity index (χ3n) is 2.33. The molecule has 1 rings (SSSR count). The minimum atomic E-state index is -4.11. The molecule has 1 aliphatic carbocycles. The highest BCUT2D eigenvalue weighted by molar-refractivity contribution is 4.88. The van der Waals surface area contributed by atoms with Crippen LogP contribution >= 0.6 is 0 Å². The Bertz CT molecular complexity index is 199. The summed E-state index contributed by atoms with van der Waals surface area (Å²) in [4.78, 5) is 2.16. The Hall–Kier alpha value is -0.550. The molecule has 0 radical (unpaired) electrons. The highest BCUT2D eigenvalue weighted by atomic mass is 19.4. The molecule has 0 spiro atoms. The van der Waals surface area contributed by atoms with Crippen LogP contribution in [0.3, 0.4) is 0 Å². The van der Waals surface area contributed by atoms with Crippen molar-refractivity contribution >= 4 is 0 Å². The molecule has 0 bridgehead atoms. The zero-order chi connectivity index (χ0) is 11.3. The molecular weight excluding hydrogens is 205 g/mol. The lowest BCUT2D eigenvalue weighted by Crippen LogP contribution is -2.37. The van der Waals surface area contributed by atoms with Gasteiger partial charge in [0.25, 0.3) is 0 Å². The van der Waals surface area contributed by atoms with Crippen molar-refractivity contribution in [2.45, 2.75) is 25.1 Å². The molecule has 0 unspecified atom stereocenters. The van der Waals surface area contributed by atoms with Crippen molar-refractivity contribution in [3.05, 3.63) is 12.7 Å². The third kappa shape index (κ3) is 5.79. The molecule has 1 N–H and O–H groups in total. The second-order valence-electron chi connectivity index (χ2n) is 3.81. The average Bonchev–Trinajstić information content (AvgIpc) is 2.91. The normalized spacial score (nSPS) is 17.1. The van der Waals surface area contributed by atoms with E-state index in [0.29, 0.717) is 19.1 Å². The molecule has 0 saturated heterocycles. The van der Waals surface area contributed by atoms with E-state index >= 15 is 0 Å². The molecule has 0 aromatic carbocycles. The van der Waals surface area contributed by atoms with E-state index in [9.17, 15) is 13.2 Å². The fourth-order valence-electron chi connectivity index (χ4n) is 1.48.